The molecule has 200 valence electrons. The number of fused-ring (bicyclic) bond motifs is 1. The van der Waals surface area contributed by atoms with E-state index in [0.29, 0.717) is 16.6 Å². The second-order valence-electron chi connectivity index (χ2n) is 10.1. The van der Waals surface area contributed by atoms with Crippen molar-refractivity contribution in [2.75, 3.05) is 6.16 Å². The Balaban J connectivity index is 1.74. The molecule has 0 saturated heterocycles. The molecule has 39 heavy (non-hydrogen) atoms. The van der Waals surface area contributed by atoms with Gasteiger partial charge in [0, 0.05) is 0 Å². The van der Waals surface area contributed by atoms with Crippen LogP contribution in [-0.4, -0.2) is 27.5 Å². The zero-order valence-electron chi connectivity index (χ0n) is 22.5. The summed E-state index contributed by atoms with van der Waals surface area (Å²) < 4.78 is 7.19. The molecule has 0 aliphatic rings. The summed E-state index contributed by atoms with van der Waals surface area (Å²) >= 11 is 0. The fourth-order valence-electron chi connectivity index (χ4n) is 5.73. The first-order chi connectivity index (χ1) is 19.2. The van der Waals surface area contributed by atoms with Gasteiger partial charge >= 0.3 is 231 Å². The number of aromatic nitrogens is 3. The molecule has 1 aromatic heterocycles. The third-order valence-electron chi connectivity index (χ3n) is 7.70. The topological polar surface area (TPSA) is 67.9 Å². The molecule has 5 rings (SSSR count). The number of rotatable bonds is 12. The molecule has 0 atom stereocenters. The van der Waals surface area contributed by atoms with Crippen molar-refractivity contribution in [3.63, 3.8) is 0 Å². The Labute approximate surface area is 230 Å². The Morgan fingerprint density at radius 3 is 1.77 bits per heavy atom. The van der Waals surface area contributed by atoms with Crippen LogP contribution >= 0.6 is 6.83 Å². The number of hydrogen-bond acceptors (Lipinski definition) is 4. The fraction of sp³-hybridized carbons (Fsp3) is 0.242. The van der Waals surface area contributed by atoms with Gasteiger partial charge in [0.1, 0.15) is 0 Å². The molecule has 4 aromatic carbocycles. The second kappa shape index (κ2) is 11.9. The maximum absolute atomic E-state index is 14.4. The van der Waals surface area contributed by atoms with Gasteiger partial charge in [-0.05, 0) is 0 Å². The Morgan fingerprint density at radius 1 is 0.667 bits per heavy atom. The molecule has 0 aliphatic carbocycles. The Morgan fingerprint density at radius 2 is 1.21 bits per heavy atom. The summed E-state index contributed by atoms with van der Waals surface area (Å²) in [5.41, 5.74) is 1.58. The van der Waals surface area contributed by atoms with Gasteiger partial charge in [0.25, 0.3) is 0 Å². The first kappa shape index (κ1) is 26.8. The predicted octanol–water partition coefficient (Wildman–Crippen LogP) is 6.92. The van der Waals surface area contributed by atoms with Gasteiger partial charge in [0.2, 0.25) is 0 Å². The average Bonchev–Trinajstić information content (AvgIpc) is 3.49. The molecule has 1 heterocycles. The van der Waals surface area contributed by atoms with Crippen LogP contribution in [0.15, 0.2) is 109 Å². The molecule has 0 unspecified atom stereocenters. The van der Waals surface area contributed by atoms with E-state index in [4.69, 9.17) is 4.52 Å². The predicted molar refractivity (Wildman–Crippen MR) is 163 cm³/mol. The number of hydrogen-bond donors (Lipinski definition) is 1. The number of carbonyl (C=O) groups is 1. The van der Waals surface area contributed by atoms with E-state index in [-0.39, 0.29) is 5.97 Å². The van der Waals surface area contributed by atoms with Crippen molar-refractivity contribution in [3.05, 3.63) is 115 Å². The van der Waals surface area contributed by atoms with Crippen molar-refractivity contribution in [1.82, 2.24) is 15.4 Å². The quantitative estimate of drug-likeness (QED) is 0.139. The van der Waals surface area contributed by atoms with E-state index in [1.165, 1.54) is 25.7 Å². The van der Waals surface area contributed by atoms with Crippen LogP contribution < -0.4 is 15.9 Å². The van der Waals surface area contributed by atoms with Crippen molar-refractivity contribution >= 4 is 39.7 Å². The Hall–Kier alpha value is -3.82. The summed E-state index contributed by atoms with van der Waals surface area (Å²) in [7, 11) is 0. The molecule has 5 aromatic rings. The van der Waals surface area contributed by atoms with E-state index in [1.807, 2.05) is 30.3 Å². The SMILES string of the molecule is CCCCCCCCP(OC(=O)c1cccc2n[nH]nc12)(c1ccccc1)(c1ccccc1)c1ccccc1. The van der Waals surface area contributed by atoms with Crippen molar-refractivity contribution in [2.45, 2.75) is 45.4 Å². The maximum atomic E-state index is 14.4. The van der Waals surface area contributed by atoms with Crippen molar-refractivity contribution in [3.8, 4) is 0 Å². The van der Waals surface area contributed by atoms with Crippen LogP contribution in [0.2, 0.25) is 0 Å². The molecule has 0 bridgehead atoms. The summed E-state index contributed by atoms with van der Waals surface area (Å²) in [5, 5.41) is 14.3. The third kappa shape index (κ3) is 4.99. The molecule has 0 fully saturated rings. The number of carbonyl (C=O) groups excluding carboxylic acids is 1. The Bertz CT molecular complexity index is 1400. The summed E-state index contributed by atoms with van der Waals surface area (Å²) in [6.45, 7) is -1.56. The number of nitrogens with zero attached hydrogens (tertiary/aromatic N) is 2. The third-order valence-corrected chi connectivity index (χ3v) is 13.6. The van der Waals surface area contributed by atoms with Crippen LogP contribution in [0.4, 0.5) is 0 Å². The summed E-state index contributed by atoms with van der Waals surface area (Å²) in [6.07, 6.45) is 7.62. The van der Waals surface area contributed by atoms with Gasteiger partial charge in [-0.3, -0.25) is 0 Å². The van der Waals surface area contributed by atoms with Crippen molar-refractivity contribution in [1.29, 1.82) is 0 Å². The Kier molecular flexibility index (Phi) is 8.18. The number of H-pyrrole nitrogens is 1. The summed E-state index contributed by atoms with van der Waals surface area (Å²) in [4.78, 5) is 14.4. The molecule has 0 spiro atoms. The van der Waals surface area contributed by atoms with E-state index >= 15 is 0 Å². The molecule has 5 nitrogen and oxygen atoms in total. The molecular weight excluding hydrogens is 501 g/mol. The van der Waals surface area contributed by atoms with Crippen molar-refractivity contribution < 1.29 is 9.32 Å². The van der Waals surface area contributed by atoms with Gasteiger partial charge in [0.15, 0.2) is 0 Å². The van der Waals surface area contributed by atoms with Crippen LogP contribution in [0.5, 0.6) is 0 Å². The average molecular weight is 538 g/mol. The van der Waals surface area contributed by atoms with Crippen LogP contribution in [0.25, 0.3) is 11.0 Å². The minimum absolute atomic E-state index is 0.380. The van der Waals surface area contributed by atoms with Gasteiger partial charge in [-0.25, -0.2) is 0 Å². The van der Waals surface area contributed by atoms with Crippen LogP contribution in [-0.2, 0) is 4.52 Å². The van der Waals surface area contributed by atoms with Crippen molar-refractivity contribution in [2.24, 2.45) is 0 Å². The number of para-hydroxylation sites is 1. The molecule has 0 radical (unpaired) electrons. The molecule has 1 N–H and O–H groups in total. The fourth-order valence-corrected chi connectivity index (χ4v) is 11.5. The van der Waals surface area contributed by atoms with E-state index < -0.39 is 6.83 Å². The van der Waals surface area contributed by atoms with Gasteiger partial charge in [0.05, 0.1) is 0 Å². The first-order valence-corrected chi connectivity index (χ1v) is 16.2. The number of aromatic amines is 1. The zero-order valence-corrected chi connectivity index (χ0v) is 23.4. The number of nitrogens with one attached hydrogen (secondary N) is 1. The first-order valence-electron chi connectivity index (χ1n) is 13.9. The molecule has 0 amide bonds. The minimum atomic E-state index is -3.79. The number of unbranched alkanes of at least 4 members (excludes halogenated alkanes) is 5. The monoisotopic (exact) mass is 537 g/mol. The van der Waals surface area contributed by atoms with E-state index in [2.05, 4.69) is 95.1 Å². The van der Waals surface area contributed by atoms with Gasteiger partial charge in [-0.15, -0.1) is 0 Å². The van der Waals surface area contributed by atoms with Crippen LogP contribution in [0.3, 0.4) is 0 Å². The normalized spacial score (nSPS) is 12.6. The second-order valence-corrected chi connectivity index (χ2v) is 14.7. The van der Waals surface area contributed by atoms with E-state index in [1.54, 1.807) is 6.07 Å². The number of benzene rings is 4. The molecular formula is C33H36N3O2P. The van der Waals surface area contributed by atoms with Crippen LogP contribution in [0, 0.1) is 0 Å². The summed E-state index contributed by atoms with van der Waals surface area (Å²) in [6, 6.07) is 36.7. The molecule has 0 saturated carbocycles. The standard InChI is InChI=1S/C33H36N3O2P/c1-2-3-4-5-6-16-26-39(27-18-10-7-11-19-27,28-20-12-8-13-21-28,29-22-14-9-15-23-29)38-33(37)30-24-17-25-31-32(30)35-36-34-31/h7-15,17-25H,2-6,16,26H2,1H3,(H,34,35,36). The van der Waals surface area contributed by atoms with Crippen LogP contribution in [0.1, 0.15) is 55.8 Å². The van der Waals surface area contributed by atoms with E-state index in [9.17, 15) is 4.79 Å². The summed E-state index contributed by atoms with van der Waals surface area (Å²) in [5.74, 6) is -0.380. The van der Waals surface area contributed by atoms with Gasteiger partial charge in [-0.2, -0.15) is 0 Å². The van der Waals surface area contributed by atoms with E-state index in [0.717, 1.165) is 34.9 Å². The van der Waals surface area contributed by atoms with Gasteiger partial charge in [-0.1, -0.05) is 0 Å². The zero-order chi connectivity index (χ0) is 27.0. The van der Waals surface area contributed by atoms with Gasteiger partial charge < -0.3 is 0 Å². The molecule has 6 heteroatoms. The molecule has 0 aliphatic heterocycles.